The van der Waals surface area contributed by atoms with Crippen LogP contribution in [0.25, 0.3) is 11.0 Å². The number of halogens is 1. The molecule has 7 heteroatoms. The van der Waals surface area contributed by atoms with Crippen LogP contribution in [0.15, 0.2) is 77.3 Å². The number of benzene rings is 2. The maximum Gasteiger partial charge on any atom is 0.277 e. The van der Waals surface area contributed by atoms with Crippen LogP contribution >= 0.6 is 11.3 Å². The summed E-state index contributed by atoms with van der Waals surface area (Å²) in [6.07, 6.45) is 2.16. The van der Waals surface area contributed by atoms with Crippen LogP contribution in [0.1, 0.15) is 33.4 Å². The fraction of sp³-hybridized carbons (Fsp3) is 0.0909. The van der Waals surface area contributed by atoms with Crippen molar-refractivity contribution in [3.8, 4) is 0 Å². The highest BCUT2D eigenvalue weighted by molar-refractivity contribution is 7.12. The van der Waals surface area contributed by atoms with Crippen LogP contribution < -0.4 is 0 Å². The molecule has 5 rings (SSSR count). The monoisotopic (exact) mass is 402 g/mol. The fourth-order valence-electron chi connectivity index (χ4n) is 3.41. The van der Waals surface area contributed by atoms with Crippen molar-refractivity contribution < 1.29 is 9.18 Å². The minimum atomic E-state index is -0.569. The number of amides is 1. The van der Waals surface area contributed by atoms with Gasteiger partial charge in [0.25, 0.3) is 5.91 Å². The van der Waals surface area contributed by atoms with Crippen LogP contribution in [0.2, 0.25) is 0 Å². The summed E-state index contributed by atoms with van der Waals surface area (Å²) in [6.45, 7) is 0. The first kappa shape index (κ1) is 17.6. The van der Waals surface area contributed by atoms with Gasteiger partial charge < -0.3 is 0 Å². The van der Waals surface area contributed by atoms with Gasteiger partial charge in [0.15, 0.2) is 0 Å². The SMILES string of the molecule is O=C(c1ccccc1F)N1N=C(c2cccs2)C[C@@H]1c1cnc2ccccc2n1. The lowest BCUT2D eigenvalue weighted by Gasteiger charge is -2.21. The summed E-state index contributed by atoms with van der Waals surface area (Å²) >= 11 is 1.55. The molecule has 0 radical (unpaired) electrons. The van der Waals surface area contributed by atoms with Gasteiger partial charge in [0.2, 0.25) is 0 Å². The first-order chi connectivity index (χ1) is 14.2. The minimum Gasteiger partial charge on any atom is -0.267 e. The average Bonchev–Trinajstić information content (AvgIpc) is 3.43. The summed E-state index contributed by atoms with van der Waals surface area (Å²) in [4.78, 5) is 23.3. The zero-order chi connectivity index (χ0) is 19.8. The summed E-state index contributed by atoms with van der Waals surface area (Å²) in [5, 5.41) is 7.86. The van der Waals surface area contributed by atoms with Crippen molar-refractivity contribution in [2.75, 3.05) is 0 Å². The number of rotatable bonds is 3. The Morgan fingerprint density at radius 1 is 1.03 bits per heavy atom. The van der Waals surface area contributed by atoms with Gasteiger partial charge in [0.05, 0.1) is 39.1 Å². The smallest absolute Gasteiger partial charge is 0.267 e. The van der Waals surface area contributed by atoms with Crippen molar-refractivity contribution in [3.63, 3.8) is 0 Å². The molecule has 4 aromatic rings. The molecule has 1 aliphatic rings. The minimum absolute atomic E-state index is 0.0116. The Hall–Kier alpha value is -3.45. The summed E-state index contributed by atoms with van der Waals surface area (Å²) in [7, 11) is 0. The maximum absolute atomic E-state index is 14.3. The molecule has 2 aromatic heterocycles. The van der Waals surface area contributed by atoms with E-state index in [1.807, 2.05) is 41.8 Å². The third-order valence-corrected chi connectivity index (χ3v) is 5.76. The lowest BCUT2D eigenvalue weighted by molar-refractivity contribution is 0.0703. The van der Waals surface area contributed by atoms with E-state index in [1.165, 1.54) is 17.1 Å². The van der Waals surface area contributed by atoms with Gasteiger partial charge in [-0.05, 0) is 35.7 Å². The van der Waals surface area contributed by atoms with E-state index in [4.69, 9.17) is 4.98 Å². The molecule has 0 aliphatic carbocycles. The molecular formula is C22H15FN4OS. The van der Waals surface area contributed by atoms with E-state index in [1.54, 1.807) is 29.7 Å². The molecule has 0 bridgehead atoms. The number of aromatic nitrogens is 2. The second-order valence-electron chi connectivity index (χ2n) is 6.66. The van der Waals surface area contributed by atoms with Crippen molar-refractivity contribution in [1.82, 2.24) is 15.0 Å². The number of fused-ring (bicyclic) bond motifs is 1. The largest absolute Gasteiger partial charge is 0.277 e. The van der Waals surface area contributed by atoms with Crippen molar-refractivity contribution >= 4 is 34.0 Å². The molecule has 0 spiro atoms. The van der Waals surface area contributed by atoms with Crippen molar-refractivity contribution in [2.45, 2.75) is 12.5 Å². The summed E-state index contributed by atoms with van der Waals surface area (Å²) in [5.41, 5.74) is 2.92. The molecule has 0 unspecified atom stereocenters. The van der Waals surface area contributed by atoms with Gasteiger partial charge >= 0.3 is 0 Å². The first-order valence-electron chi connectivity index (χ1n) is 9.12. The van der Waals surface area contributed by atoms with Crippen LogP contribution in [-0.2, 0) is 0 Å². The highest BCUT2D eigenvalue weighted by Gasteiger charge is 2.36. The van der Waals surface area contributed by atoms with E-state index in [9.17, 15) is 9.18 Å². The number of carbonyl (C=O) groups is 1. The molecule has 3 heterocycles. The lowest BCUT2D eigenvalue weighted by atomic mass is 10.1. The van der Waals surface area contributed by atoms with Crippen LogP contribution in [0.3, 0.4) is 0 Å². The molecule has 0 saturated heterocycles. The third-order valence-electron chi connectivity index (χ3n) is 4.84. The second-order valence-corrected chi connectivity index (χ2v) is 7.60. The fourth-order valence-corrected chi connectivity index (χ4v) is 4.13. The number of hydrazone groups is 1. The van der Waals surface area contributed by atoms with Crippen molar-refractivity contribution in [1.29, 1.82) is 0 Å². The van der Waals surface area contributed by atoms with Crippen molar-refractivity contribution in [2.24, 2.45) is 5.10 Å². The molecule has 1 atom stereocenters. The number of thiophene rings is 1. The molecule has 0 N–H and O–H groups in total. The average molecular weight is 402 g/mol. The van der Waals surface area contributed by atoms with Gasteiger partial charge in [-0.3, -0.25) is 9.78 Å². The second kappa shape index (κ2) is 7.18. The molecule has 2 aromatic carbocycles. The molecule has 0 fully saturated rings. The topological polar surface area (TPSA) is 58.5 Å². The summed E-state index contributed by atoms with van der Waals surface area (Å²) in [6, 6.07) is 17.0. The van der Waals surface area contributed by atoms with Gasteiger partial charge in [-0.25, -0.2) is 14.4 Å². The third kappa shape index (κ3) is 3.19. The Morgan fingerprint density at radius 2 is 1.83 bits per heavy atom. The van der Waals surface area contributed by atoms with Gasteiger partial charge in [-0.2, -0.15) is 5.10 Å². The molecule has 1 aliphatic heterocycles. The zero-order valence-electron chi connectivity index (χ0n) is 15.2. The van der Waals surface area contributed by atoms with Gasteiger partial charge in [-0.1, -0.05) is 30.3 Å². The predicted octanol–water partition coefficient (Wildman–Crippen LogP) is 4.82. The maximum atomic E-state index is 14.3. The number of carbonyl (C=O) groups excluding carboxylic acids is 1. The predicted molar refractivity (Wildman–Crippen MR) is 110 cm³/mol. The Bertz CT molecular complexity index is 1240. The van der Waals surface area contributed by atoms with Gasteiger partial charge in [0, 0.05) is 6.42 Å². The highest BCUT2D eigenvalue weighted by Crippen LogP contribution is 2.34. The van der Waals surface area contributed by atoms with Crippen LogP contribution in [0.5, 0.6) is 0 Å². The van der Waals surface area contributed by atoms with Gasteiger partial charge in [-0.15, -0.1) is 11.3 Å². The molecule has 142 valence electrons. The lowest BCUT2D eigenvalue weighted by Crippen LogP contribution is -2.28. The normalized spacial score (nSPS) is 16.2. The number of hydrogen-bond donors (Lipinski definition) is 0. The Kier molecular flexibility index (Phi) is 4.37. The number of para-hydroxylation sites is 2. The highest BCUT2D eigenvalue weighted by atomic mass is 32.1. The number of nitrogens with zero attached hydrogens (tertiary/aromatic N) is 4. The van der Waals surface area contributed by atoms with E-state index in [2.05, 4.69) is 10.1 Å². The Labute approximate surface area is 170 Å². The van der Waals surface area contributed by atoms with Crippen LogP contribution in [0.4, 0.5) is 4.39 Å². The van der Waals surface area contributed by atoms with E-state index < -0.39 is 17.8 Å². The van der Waals surface area contributed by atoms with E-state index in [0.29, 0.717) is 12.1 Å². The molecule has 5 nitrogen and oxygen atoms in total. The Balaban J connectivity index is 1.58. The number of hydrogen-bond acceptors (Lipinski definition) is 5. The van der Waals surface area contributed by atoms with Crippen LogP contribution in [0, 0.1) is 5.82 Å². The first-order valence-corrected chi connectivity index (χ1v) is 10.00. The zero-order valence-corrected chi connectivity index (χ0v) is 16.0. The van der Waals surface area contributed by atoms with E-state index >= 15 is 0 Å². The summed E-state index contributed by atoms with van der Waals surface area (Å²) in [5.74, 6) is -1.06. The van der Waals surface area contributed by atoms with E-state index in [0.717, 1.165) is 21.6 Å². The van der Waals surface area contributed by atoms with Crippen LogP contribution in [-0.4, -0.2) is 26.6 Å². The quantitative estimate of drug-likeness (QED) is 0.494. The Morgan fingerprint density at radius 3 is 2.62 bits per heavy atom. The molecule has 29 heavy (non-hydrogen) atoms. The van der Waals surface area contributed by atoms with E-state index in [-0.39, 0.29) is 5.56 Å². The summed E-state index contributed by atoms with van der Waals surface area (Å²) < 4.78 is 14.3. The van der Waals surface area contributed by atoms with Crippen molar-refractivity contribution in [3.05, 3.63) is 94.2 Å². The molecule has 0 saturated carbocycles. The standard InChI is InChI=1S/C22H15FN4OS/c23-15-7-2-1-6-14(15)22(28)27-20(12-18(26-27)21-10-5-11-29-21)19-13-24-16-8-3-4-9-17(16)25-19/h1-11,13,20H,12H2/t20-/m1/s1. The molecular weight excluding hydrogens is 387 g/mol. The molecule has 1 amide bonds. The van der Waals surface area contributed by atoms with Gasteiger partial charge in [0.1, 0.15) is 11.9 Å².